The van der Waals surface area contributed by atoms with Crippen molar-refractivity contribution in [1.29, 1.82) is 0 Å². The number of hydrogen-bond acceptors (Lipinski definition) is 6. The van der Waals surface area contributed by atoms with Crippen LogP contribution in [0.1, 0.15) is 11.3 Å². The second-order valence-electron chi connectivity index (χ2n) is 4.54. The molecular formula is C12H14N6O3S. The van der Waals surface area contributed by atoms with Gasteiger partial charge in [-0.3, -0.25) is 4.18 Å². The van der Waals surface area contributed by atoms with E-state index < -0.39 is 10.1 Å². The molecule has 0 N–H and O–H groups in total. The van der Waals surface area contributed by atoms with Crippen LogP contribution in [0.2, 0.25) is 0 Å². The van der Waals surface area contributed by atoms with Gasteiger partial charge in [0.1, 0.15) is 0 Å². The molecule has 0 bridgehead atoms. The Balaban J connectivity index is 1.92. The molecule has 1 heterocycles. The van der Waals surface area contributed by atoms with Crippen molar-refractivity contribution in [3.63, 3.8) is 0 Å². The highest BCUT2D eigenvalue weighted by Crippen LogP contribution is 2.13. The fraction of sp³-hybridized carbons (Fsp3) is 0.333. The average Bonchev–Trinajstić information content (AvgIpc) is 2.87. The summed E-state index contributed by atoms with van der Waals surface area (Å²) in [6.45, 7) is 0.550. The summed E-state index contributed by atoms with van der Waals surface area (Å²) in [5.41, 5.74) is 10.5. The van der Waals surface area contributed by atoms with Crippen LogP contribution < -0.4 is 0 Å². The lowest BCUT2D eigenvalue weighted by Crippen LogP contribution is -2.06. The normalized spacial score (nSPS) is 11.1. The number of aromatic nitrogens is 3. The van der Waals surface area contributed by atoms with Gasteiger partial charge in [0.25, 0.3) is 10.1 Å². The summed E-state index contributed by atoms with van der Waals surface area (Å²) in [6, 6.07) is 7.09. The van der Waals surface area contributed by atoms with Crippen molar-refractivity contribution in [2.45, 2.75) is 13.0 Å². The first-order chi connectivity index (χ1) is 10.5. The SMILES string of the molecule is CS(=O)(=O)OCCc1cn(Cc2ccc(N=[N+]=[N-])cc2)nn1. The smallest absolute Gasteiger partial charge is 0.264 e. The molecule has 2 aromatic rings. The highest BCUT2D eigenvalue weighted by molar-refractivity contribution is 7.85. The van der Waals surface area contributed by atoms with E-state index in [0.29, 0.717) is 24.3 Å². The van der Waals surface area contributed by atoms with Gasteiger partial charge in [0.15, 0.2) is 0 Å². The van der Waals surface area contributed by atoms with E-state index in [2.05, 4.69) is 24.5 Å². The molecule has 9 nitrogen and oxygen atoms in total. The summed E-state index contributed by atoms with van der Waals surface area (Å²) in [5.74, 6) is 0. The van der Waals surface area contributed by atoms with Gasteiger partial charge in [0.2, 0.25) is 0 Å². The number of hydrogen-bond donors (Lipinski definition) is 0. The Morgan fingerprint density at radius 2 is 2.09 bits per heavy atom. The van der Waals surface area contributed by atoms with Crippen LogP contribution in [0.3, 0.4) is 0 Å². The summed E-state index contributed by atoms with van der Waals surface area (Å²) in [5, 5.41) is 11.4. The summed E-state index contributed by atoms with van der Waals surface area (Å²) < 4.78 is 28.0. The topological polar surface area (TPSA) is 123 Å². The van der Waals surface area contributed by atoms with E-state index in [0.717, 1.165) is 11.8 Å². The van der Waals surface area contributed by atoms with Crippen LogP contribution in [-0.2, 0) is 27.3 Å². The zero-order valence-electron chi connectivity index (χ0n) is 11.8. The second kappa shape index (κ2) is 7.03. The maximum atomic E-state index is 10.8. The molecule has 0 saturated heterocycles. The molecule has 0 aliphatic carbocycles. The van der Waals surface area contributed by atoms with Crippen molar-refractivity contribution < 1.29 is 12.6 Å². The molecule has 10 heteroatoms. The van der Waals surface area contributed by atoms with Crippen molar-refractivity contribution in [3.8, 4) is 0 Å². The Morgan fingerprint density at radius 1 is 1.36 bits per heavy atom. The quantitative estimate of drug-likeness (QED) is 0.333. The molecule has 2 rings (SSSR count). The molecule has 0 saturated carbocycles. The minimum Gasteiger partial charge on any atom is -0.270 e. The van der Waals surface area contributed by atoms with E-state index in [1.165, 1.54) is 0 Å². The zero-order valence-corrected chi connectivity index (χ0v) is 12.6. The van der Waals surface area contributed by atoms with Gasteiger partial charge < -0.3 is 0 Å². The maximum Gasteiger partial charge on any atom is 0.264 e. The van der Waals surface area contributed by atoms with Crippen LogP contribution in [-0.4, -0.2) is 36.3 Å². The maximum absolute atomic E-state index is 10.8. The van der Waals surface area contributed by atoms with Crippen molar-refractivity contribution in [1.82, 2.24) is 15.0 Å². The summed E-state index contributed by atoms with van der Waals surface area (Å²) >= 11 is 0. The van der Waals surface area contributed by atoms with Crippen molar-refractivity contribution in [3.05, 3.63) is 52.2 Å². The van der Waals surface area contributed by atoms with E-state index >= 15 is 0 Å². The third-order valence-electron chi connectivity index (χ3n) is 2.68. The first-order valence-electron chi connectivity index (χ1n) is 6.34. The van der Waals surface area contributed by atoms with Crippen molar-refractivity contribution >= 4 is 15.8 Å². The first-order valence-corrected chi connectivity index (χ1v) is 8.15. The highest BCUT2D eigenvalue weighted by Gasteiger charge is 2.05. The molecule has 0 fully saturated rings. The van der Waals surface area contributed by atoms with Crippen LogP contribution in [0.15, 0.2) is 35.6 Å². The monoisotopic (exact) mass is 322 g/mol. The number of benzene rings is 1. The molecule has 1 aromatic heterocycles. The highest BCUT2D eigenvalue weighted by atomic mass is 32.2. The minimum atomic E-state index is -3.43. The predicted octanol–water partition coefficient (Wildman–Crippen LogP) is 1.79. The lowest BCUT2D eigenvalue weighted by molar-refractivity contribution is 0.324. The third kappa shape index (κ3) is 5.17. The molecule has 0 amide bonds. The van der Waals surface area contributed by atoms with Crippen LogP contribution in [0.4, 0.5) is 5.69 Å². The van der Waals surface area contributed by atoms with Gasteiger partial charge in [-0.05, 0) is 11.1 Å². The minimum absolute atomic E-state index is 0.0401. The molecular weight excluding hydrogens is 308 g/mol. The third-order valence-corrected chi connectivity index (χ3v) is 3.28. The van der Waals surface area contributed by atoms with Crippen molar-refractivity contribution in [2.24, 2.45) is 5.11 Å². The lowest BCUT2D eigenvalue weighted by Gasteiger charge is -2.01. The Kier molecular flexibility index (Phi) is 5.10. The predicted molar refractivity (Wildman–Crippen MR) is 78.9 cm³/mol. The molecule has 0 atom stereocenters. The molecule has 0 aliphatic rings. The fourth-order valence-corrected chi connectivity index (χ4v) is 2.12. The van der Waals surface area contributed by atoms with E-state index in [1.807, 2.05) is 12.1 Å². The van der Waals surface area contributed by atoms with Crippen LogP contribution in [0.5, 0.6) is 0 Å². The van der Waals surface area contributed by atoms with Crippen LogP contribution in [0, 0.1) is 0 Å². The molecule has 0 radical (unpaired) electrons. The first kappa shape index (κ1) is 16.0. The summed E-state index contributed by atoms with van der Waals surface area (Å²) in [4.78, 5) is 2.71. The van der Waals surface area contributed by atoms with Gasteiger partial charge in [-0.1, -0.05) is 34.6 Å². The van der Waals surface area contributed by atoms with E-state index in [4.69, 9.17) is 5.53 Å². The van der Waals surface area contributed by atoms with E-state index in [-0.39, 0.29) is 6.61 Å². The summed E-state index contributed by atoms with van der Waals surface area (Å²) in [6.07, 6.45) is 3.10. The molecule has 22 heavy (non-hydrogen) atoms. The molecule has 0 unspecified atom stereocenters. The standard InChI is InChI=1S/C12H14N6O3S/c1-22(19,20)21-7-6-12-9-18(17-15-12)8-10-2-4-11(5-3-10)14-16-13/h2-5,9H,6-8H2,1H3. The Labute approximate surface area is 127 Å². The Hall–Kier alpha value is -2.42. The molecule has 1 aromatic carbocycles. The van der Waals surface area contributed by atoms with Crippen LogP contribution in [0.25, 0.3) is 10.4 Å². The molecule has 0 spiro atoms. The van der Waals surface area contributed by atoms with E-state index in [1.54, 1.807) is 23.0 Å². The molecule has 0 aliphatic heterocycles. The number of nitrogens with zero attached hydrogens (tertiary/aromatic N) is 6. The average molecular weight is 322 g/mol. The Morgan fingerprint density at radius 3 is 2.73 bits per heavy atom. The summed E-state index contributed by atoms with van der Waals surface area (Å²) in [7, 11) is -3.43. The zero-order chi connectivity index (χ0) is 16.0. The lowest BCUT2D eigenvalue weighted by atomic mass is 10.2. The fourth-order valence-electron chi connectivity index (χ4n) is 1.73. The van der Waals surface area contributed by atoms with Gasteiger partial charge in [-0.2, -0.15) is 8.42 Å². The van der Waals surface area contributed by atoms with Gasteiger partial charge in [0, 0.05) is 23.2 Å². The van der Waals surface area contributed by atoms with Gasteiger partial charge >= 0.3 is 0 Å². The second-order valence-corrected chi connectivity index (χ2v) is 6.18. The van der Waals surface area contributed by atoms with Gasteiger partial charge in [-0.25, -0.2) is 4.68 Å². The van der Waals surface area contributed by atoms with Crippen molar-refractivity contribution in [2.75, 3.05) is 12.9 Å². The van der Waals surface area contributed by atoms with Crippen LogP contribution >= 0.6 is 0 Å². The molecule has 116 valence electrons. The Bertz CT molecular complexity index is 777. The largest absolute Gasteiger partial charge is 0.270 e. The number of azide groups is 1. The van der Waals surface area contributed by atoms with E-state index in [9.17, 15) is 8.42 Å². The van der Waals surface area contributed by atoms with Gasteiger partial charge in [-0.15, -0.1) is 5.10 Å². The number of rotatable bonds is 7. The van der Waals surface area contributed by atoms with Gasteiger partial charge in [0.05, 0.1) is 25.1 Å².